The summed E-state index contributed by atoms with van der Waals surface area (Å²) in [7, 11) is 0. The minimum absolute atomic E-state index is 0.226. The van der Waals surface area contributed by atoms with Crippen LogP contribution in [-0.4, -0.2) is 6.03 Å². The lowest BCUT2D eigenvalue weighted by molar-refractivity contribution is 0.247. The van der Waals surface area contributed by atoms with Gasteiger partial charge in [-0.3, -0.25) is 0 Å². The molecule has 0 aromatic rings. The molecule has 3 heteroatoms. The number of hydrogen-bond donors (Lipinski definition) is 2. The van der Waals surface area contributed by atoms with E-state index in [2.05, 4.69) is 10.6 Å². The molecule has 0 heterocycles. The summed E-state index contributed by atoms with van der Waals surface area (Å²) >= 11 is 0. The van der Waals surface area contributed by atoms with Gasteiger partial charge in [0.2, 0.25) is 0 Å². The van der Waals surface area contributed by atoms with E-state index in [1.54, 1.807) is 24.6 Å². The maximum absolute atomic E-state index is 10.6. The van der Waals surface area contributed by atoms with Crippen LogP contribution in [0.1, 0.15) is 13.8 Å². The largest absolute Gasteiger partial charge is 0.322 e. The molecule has 0 rings (SSSR count). The van der Waals surface area contributed by atoms with Gasteiger partial charge in [-0.2, -0.15) is 0 Å². The number of carbonyl (C=O) groups is 1. The van der Waals surface area contributed by atoms with Crippen molar-refractivity contribution in [1.82, 2.24) is 10.6 Å². The van der Waals surface area contributed by atoms with Crippen molar-refractivity contribution < 1.29 is 4.79 Å². The van der Waals surface area contributed by atoms with Crippen LogP contribution in [0.4, 0.5) is 4.79 Å². The van der Waals surface area contributed by atoms with Gasteiger partial charge in [-0.05, 0) is 13.8 Å². The lowest BCUT2D eigenvalue weighted by atomic mass is 10.7. The van der Waals surface area contributed by atoms with Crippen LogP contribution in [-0.2, 0) is 0 Å². The molecular weight excluding hydrogens is 128 g/mol. The maximum atomic E-state index is 10.6. The van der Waals surface area contributed by atoms with E-state index in [9.17, 15) is 4.79 Å². The van der Waals surface area contributed by atoms with E-state index in [0.717, 1.165) is 0 Å². The molecule has 0 spiro atoms. The van der Waals surface area contributed by atoms with Gasteiger partial charge in [0, 0.05) is 12.4 Å². The second-order valence-electron chi connectivity index (χ2n) is 1.62. The third-order valence-electron chi connectivity index (χ3n) is 0.762. The van der Waals surface area contributed by atoms with Crippen molar-refractivity contribution in [3.05, 3.63) is 24.6 Å². The van der Waals surface area contributed by atoms with Crippen molar-refractivity contribution in [3.63, 3.8) is 0 Å². The summed E-state index contributed by atoms with van der Waals surface area (Å²) in [6.45, 7) is 3.66. The molecule has 0 aliphatic heterocycles. The molecule has 0 saturated heterocycles. The molecule has 0 radical (unpaired) electrons. The number of carbonyl (C=O) groups excluding carboxylic acids is 1. The first kappa shape index (κ1) is 8.75. The number of amides is 2. The van der Waals surface area contributed by atoms with Crippen molar-refractivity contribution in [2.24, 2.45) is 0 Å². The Morgan fingerprint density at radius 2 is 1.50 bits per heavy atom. The Balaban J connectivity index is 3.44. The summed E-state index contributed by atoms with van der Waals surface area (Å²) in [5.41, 5.74) is 0. The van der Waals surface area contributed by atoms with E-state index < -0.39 is 0 Å². The second kappa shape index (κ2) is 5.88. The summed E-state index contributed by atoms with van der Waals surface area (Å²) in [6.07, 6.45) is 6.63. The predicted molar refractivity (Wildman–Crippen MR) is 41.3 cm³/mol. The fourth-order valence-electron chi connectivity index (χ4n) is 0.360. The Hall–Kier alpha value is -1.25. The molecule has 0 bridgehead atoms. The molecule has 0 fully saturated rings. The highest BCUT2D eigenvalue weighted by atomic mass is 16.2. The second-order valence-corrected chi connectivity index (χ2v) is 1.62. The number of urea groups is 1. The summed E-state index contributed by atoms with van der Waals surface area (Å²) in [4.78, 5) is 10.6. The Morgan fingerprint density at radius 3 is 1.80 bits per heavy atom. The highest BCUT2D eigenvalue weighted by Crippen LogP contribution is 1.68. The van der Waals surface area contributed by atoms with Crippen LogP contribution < -0.4 is 10.6 Å². The number of nitrogens with one attached hydrogen (secondary N) is 2. The van der Waals surface area contributed by atoms with Gasteiger partial charge in [0.15, 0.2) is 0 Å². The highest BCUT2D eigenvalue weighted by Gasteiger charge is 1.87. The third-order valence-corrected chi connectivity index (χ3v) is 0.762. The third kappa shape index (κ3) is 4.90. The average molecular weight is 140 g/mol. The van der Waals surface area contributed by atoms with Gasteiger partial charge in [-0.15, -0.1) is 0 Å². The van der Waals surface area contributed by atoms with Crippen LogP contribution in [0.15, 0.2) is 24.6 Å². The monoisotopic (exact) mass is 140 g/mol. The molecule has 0 aromatic heterocycles. The van der Waals surface area contributed by atoms with Gasteiger partial charge >= 0.3 is 6.03 Å². The lowest BCUT2D eigenvalue weighted by Crippen LogP contribution is -2.27. The average Bonchev–Trinajstić information content (AvgIpc) is 1.97. The quantitative estimate of drug-likeness (QED) is 0.597. The number of rotatable bonds is 2. The predicted octanol–water partition coefficient (Wildman–Crippen LogP) is 1.35. The number of allylic oxidation sites excluding steroid dienone is 2. The van der Waals surface area contributed by atoms with Gasteiger partial charge in [0.25, 0.3) is 0 Å². The Morgan fingerprint density at radius 1 is 1.10 bits per heavy atom. The maximum Gasteiger partial charge on any atom is 0.322 e. The summed E-state index contributed by atoms with van der Waals surface area (Å²) in [6, 6.07) is -0.226. The molecule has 2 N–H and O–H groups in total. The van der Waals surface area contributed by atoms with E-state index >= 15 is 0 Å². The summed E-state index contributed by atoms with van der Waals surface area (Å²) in [5.74, 6) is 0. The fraction of sp³-hybridized carbons (Fsp3) is 0.286. The van der Waals surface area contributed by atoms with Gasteiger partial charge in [-0.25, -0.2) is 4.79 Å². The van der Waals surface area contributed by atoms with Gasteiger partial charge < -0.3 is 10.6 Å². The van der Waals surface area contributed by atoms with Crippen molar-refractivity contribution >= 4 is 6.03 Å². The van der Waals surface area contributed by atoms with Crippen LogP contribution in [0.25, 0.3) is 0 Å². The molecule has 0 aliphatic rings. The Labute approximate surface area is 60.8 Å². The lowest BCUT2D eigenvalue weighted by Gasteiger charge is -1.95. The molecule has 56 valence electrons. The zero-order valence-electron chi connectivity index (χ0n) is 6.22. The van der Waals surface area contributed by atoms with Crippen molar-refractivity contribution in [2.45, 2.75) is 13.8 Å². The van der Waals surface area contributed by atoms with E-state index in [4.69, 9.17) is 0 Å². The zero-order valence-corrected chi connectivity index (χ0v) is 6.22. The molecule has 0 unspecified atom stereocenters. The van der Waals surface area contributed by atoms with E-state index in [-0.39, 0.29) is 6.03 Å². The van der Waals surface area contributed by atoms with Crippen LogP contribution in [0.3, 0.4) is 0 Å². The molecule has 3 nitrogen and oxygen atoms in total. The SMILES string of the molecule is CC=CNC(=O)NC=CC. The zero-order chi connectivity index (χ0) is 7.82. The van der Waals surface area contributed by atoms with Gasteiger partial charge in [0.05, 0.1) is 0 Å². The van der Waals surface area contributed by atoms with Crippen LogP contribution in [0, 0.1) is 0 Å². The fourth-order valence-corrected chi connectivity index (χ4v) is 0.360. The van der Waals surface area contributed by atoms with E-state index in [1.807, 2.05) is 13.8 Å². The number of hydrogen-bond acceptors (Lipinski definition) is 1. The minimum Gasteiger partial charge on any atom is -0.315 e. The van der Waals surface area contributed by atoms with Gasteiger partial charge in [-0.1, -0.05) is 12.2 Å². The first-order valence-electron chi connectivity index (χ1n) is 3.10. The molecular formula is C7H12N2O. The summed E-state index contributed by atoms with van der Waals surface area (Å²) < 4.78 is 0. The molecule has 0 aliphatic carbocycles. The highest BCUT2D eigenvalue weighted by molar-refractivity contribution is 5.75. The molecule has 0 saturated carbocycles. The standard InChI is InChI=1S/C7H12N2O/c1-3-5-8-7(10)9-6-4-2/h3-6H,1-2H3,(H2,8,9,10). The van der Waals surface area contributed by atoms with E-state index in [0.29, 0.717) is 0 Å². The van der Waals surface area contributed by atoms with Crippen LogP contribution >= 0.6 is 0 Å². The molecule has 0 aromatic carbocycles. The van der Waals surface area contributed by atoms with Crippen LogP contribution in [0.5, 0.6) is 0 Å². The first-order valence-corrected chi connectivity index (χ1v) is 3.10. The van der Waals surface area contributed by atoms with E-state index in [1.165, 1.54) is 0 Å². The Kier molecular flexibility index (Phi) is 5.14. The molecule has 2 amide bonds. The van der Waals surface area contributed by atoms with Crippen molar-refractivity contribution in [3.8, 4) is 0 Å². The van der Waals surface area contributed by atoms with Gasteiger partial charge in [0.1, 0.15) is 0 Å². The molecule has 10 heavy (non-hydrogen) atoms. The van der Waals surface area contributed by atoms with Crippen molar-refractivity contribution in [1.29, 1.82) is 0 Å². The first-order chi connectivity index (χ1) is 4.81. The van der Waals surface area contributed by atoms with Crippen molar-refractivity contribution in [2.75, 3.05) is 0 Å². The van der Waals surface area contributed by atoms with Crippen LogP contribution in [0.2, 0.25) is 0 Å². The Bertz CT molecular complexity index is 134. The normalized spacial score (nSPS) is 10.6. The molecule has 0 atom stereocenters. The minimum atomic E-state index is -0.226. The topological polar surface area (TPSA) is 41.1 Å². The summed E-state index contributed by atoms with van der Waals surface area (Å²) in [5, 5.41) is 4.97. The smallest absolute Gasteiger partial charge is 0.315 e.